The molecule has 0 N–H and O–H groups in total. The molecule has 0 amide bonds. The molecule has 2 aliphatic carbocycles. The van der Waals surface area contributed by atoms with Crippen LogP contribution in [0.1, 0.15) is 22.3 Å². The summed E-state index contributed by atoms with van der Waals surface area (Å²) in [6.07, 6.45) is 4.83. The number of hydrogen-bond donors (Lipinski definition) is 0. The maximum absolute atomic E-state index is 2.49. The van der Waals surface area contributed by atoms with Crippen LogP contribution in [-0.4, -0.2) is 0 Å². The number of hydrogen-bond acceptors (Lipinski definition) is 0. The SMILES string of the molecule is c1ccc2cc3c4c(c(-c5cc6cc7ccccc7cc6c6c5CC6)cc3cc2c1)CC4. The molecular weight excluding hydrogens is 384 g/mol. The molecule has 0 radical (unpaired) electrons. The predicted octanol–water partition coefficient (Wildman–Crippen LogP) is 8.16. The lowest BCUT2D eigenvalue weighted by molar-refractivity contribution is 0.841. The van der Waals surface area contributed by atoms with E-state index in [0.717, 1.165) is 0 Å². The average Bonchev–Trinajstić information content (AvgIpc) is 2.76. The van der Waals surface area contributed by atoms with E-state index in [1.165, 1.54) is 79.9 Å². The van der Waals surface area contributed by atoms with Crippen molar-refractivity contribution in [1.82, 2.24) is 0 Å². The summed E-state index contributed by atoms with van der Waals surface area (Å²) in [6.45, 7) is 0. The summed E-state index contributed by atoms with van der Waals surface area (Å²) in [6, 6.07) is 32.1. The van der Waals surface area contributed by atoms with Gasteiger partial charge in [-0.3, -0.25) is 0 Å². The standard InChI is InChI=1S/C32H22/c1-3-7-21-15-29-23(13-19(21)5-1)17-31(27-11-9-25(27)29)32-18-24-14-20-6-2-4-8-22(20)16-30(24)26-10-12-28(26)32/h1-8,13-18H,9-12H2. The van der Waals surface area contributed by atoms with Crippen molar-refractivity contribution < 1.29 is 0 Å². The van der Waals surface area contributed by atoms with Gasteiger partial charge in [-0.05, 0) is 139 Å². The summed E-state index contributed by atoms with van der Waals surface area (Å²) in [5.41, 5.74) is 9.30. The Hall–Kier alpha value is -3.64. The van der Waals surface area contributed by atoms with Gasteiger partial charge in [-0.25, -0.2) is 0 Å². The van der Waals surface area contributed by atoms with E-state index in [2.05, 4.69) is 84.9 Å². The Balaban J connectivity index is 1.44. The predicted molar refractivity (Wildman–Crippen MR) is 137 cm³/mol. The van der Waals surface area contributed by atoms with Crippen molar-refractivity contribution in [1.29, 1.82) is 0 Å². The molecule has 0 spiro atoms. The minimum atomic E-state index is 1.21. The second-order valence-electron chi connectivity index (χ2n) is 9.60. The highest BCUT2D eigenvalue weighted by Crippen LogP contribution is 2.46. The topological polar surface area (TPSA) is 0 Å². The lowest BCUT2D eigenvalue weighted by atomic mass is 9.73. The summed E-state index contributed by atoms with van der Waals surface area (Å²) in [7, 11) is 0. The van der Waals surface area contributed by atoms with Crippen LogP contribution < -0.4 is 0 Å². The maximum atomic E-state index is 2.49. The molecule has 0 aromatic heterocycles. The first kappa shape index (κ1) is 17.0. The summed E-state index contributed by atoms with van der Waals surface area (Å²) < 4.78 is 0. The van der Waals surface area contributed by atoms with E-state index in [1.807, 2.05) is 0 Å². The molecule has 6 aromatic rings. The van der Waals surface area contributed by atoms with Gasteiger partial charge in [-0.15, -0.1) is 0 Å². The second-order valence-corrected chi connectivity index (χ2v) is 9.60. The van der Waals surface area contributed by atoms with E-state index in [1.54, 1.807) is 22.3 Å². The van der Waals surface area contributed by atoms with Crippen molar-refractivity contribution in [2.75, 3.05) is 0 Å². The van der Waals surface area contributed by atoms with Gasteiger partial charge < -0.3 is 0 Å². The van der Waals surface area contributed by atoms with Gasteiger partial charge in [-0.2, -0.15) is 0 Å². The molecule has 8 rings (SSSR count). The van der Waals surface area contributed by atoms with Crippen molar-refractivity contribution >= 4 is 43.1 Å². The van der Waals surface area contributed by atoms with Crippen molar-refractivity contribution in [3.8, 4) is 11.1 Å². The van der Waals surface area contributed by atoms with E-state index < -0.39 is 0 Å². The largest absolute Gasteiger partial charge is 0.0616 e. The van der Waals surface area contributed by atoms with Crippen molar-refractivity contribution in [2.24, 2.45) is 0 Å². The Bertz CT molecular complexity index is 1630. The number of aryl methyl sites for hydroxylation is 2. The third-order valence-corrected chi connectivity index (χ3v) is 8.00. The molecule has 0 saturated heterocycles. The molecule has 2 aliphatic rings. The lowest BCUT2D eigenvalue weighted by Gasteiger charge is -2.30. The average molecular weight is 407 g/mol. The van der Waals surface area contributed by atoms with E-state index in [4.69, 9.17) is 0 Å². The molecular formula is C32H22. The molecule has 0 heteroatoms. The summed E-state index contributed by atoms with van der Waals surface area (Å²) in [5.74, 6) is 0. The van der Waals surface area contributed by atoms with Crippen LogP contribution in [0.3, 0.4) is 0 Å². The number of fused-ring (bicyclic) bond motifs is 8. The van der Waals surface area contributed by atoms with Gasteiger partial charge in [0.05, 0.1) is 0 Å². The third kappa shape index (κ3) is 2.17. The minimum Gasteiger partial charge on any atom is -0.0616 e. The zero-order valence-electron chi connectivity index (χ0n) is 17.9. The van der Waals surface area contributed by atoms with Gasteiger partial charge in [0.1, 0.15) is 0 Å². The van der Waals surface area contributed by atoms with Crippen LogP contribution in [0.2, 0.25) is 0 Å². The van der Waals surface area contributed by atoms with Gasteiger partial charge in [-0.1, -0.05) is 48.5 Å². The number of rotatable bonds is 1. The highest BCUT2D eigenvalue weighted by Gasteiger charge is 2.27. The molecule has 0 nitrogen and oxygen atoms in total. The molecule has 0 aliphatic heterocycles. The molecule has 150 valence electrons. The zero-order valence-corrected chi connectivity index (χ0v) is 17.9. The Kier molecular flexibility index (Phi) is 3.18. The first-order valence-corrected chi connectivity index (χ1v) is 11.8. The van der Waals surface area contributed by atoms with Crippen LogP contribution in [0.15, 0.2) is 84.9 Å². The molecule has 32 heavy (non-hydrogen) atoms. The molecule has 6 aromatic carbocycles. The Labute approximate surface area is 187 Å². The Morgan fingerprint density at radius 1 is 0.344 bits per heavy atom. The number of benzene rings is 6. The fourth-order valence-electron chi connectivity index (χ4n) is 6.18. The highest BCUT2D eigenvalue weighted by molar-refractivity contribution is 6.06. The van der Waals surface area contributed by atoms with E-state index in [0.29, 0.717) is 0 Å². The second kappa shape index (κ2) is 5.99. The fourth-order valence-corrected chi connectivity index (χ4v) is 6.18. The first-order chi connectivity index (χ1) is 15.8. The summed E-state index contributed by atoms with van der Waals surface area (Å²) in [5, 5.41) is 11.1. The summed E-state index contributed by atoms with van der Waals surface area (Å²) in [4.78, 5) is 0. The van der Waals surface area contributed by atoms with Crippen LogP contribution in [0, 0.1) is 0 Å². The van der Waals surface area contributed by atoms with Gasteiger partial charge in [0.2, 0.25) is 0 Å². The zero-order chi connectivity index (χ0) is 20.8. The van der Waals surface area contributed by atoms with Gasteiger partial charge >= 0.3 is 0 Å². The Morgan fingerprint density at radius 2 is 0.719 bits per heavy atom. The normalized spacial score (nSPS) is 14.4. The van der Waals surface area contributed by atoms with Crippen LogP contribution in [0.25, 0.3) is 54.2 Å². The molecule has 0 fully saturated rings. The highest BCUT2D eigenvalue weighted by atomic mass is 14.3. The quantitative estimate of drug-likeness (QED) is 0.242. The van der Waals surface area contributed by atoms with Crippen LogP contribution in [-0.2, 0) is 25.7 Å². The van der Waals surface area contributed by atoms with E-state index in [9.17, 15) is 0 Å². The van der Waals surface area contributed by atoms with E-state index >= 15 is 0 Å². The van der Waals surface area contributed by atoms with Crippen LogP contribution in [0.4, 0.5) is 0 Å². The molecule has 0 unspecified atom stereocenters. The van der Waals surface area contributed by atoms with Crippen molar-refractivity contribution in [3.05, 3.63) is 107 Å². The Morgan fingerprint density at radius 3 is 1.09 bits per heavy atom. The molecule has 0 atom stereocenters. The lowest BCUT2D eigenvalue weighted by Crippen LogP contribution is -2.15. The van der Waals surface area contributed by atoms with Gasteiger partial charge in [0, 0.05) is 0 Å². The third-order valence-electron chi connectivity index (χ3n) is 8.00. The van der Waals surface area contributed by atoms with Crippen LogP contribution >= 0.6 is 0 Å². The fraction of sp³-hybridized carbons (Fsp3) is 0.125. The maximum Gasteiger partial charge on any atom is -0.0140 e. The molecule has 0 bridgehead atoms. The molecule has 0 saturated carbocycles. The monoisotopic (exact) mass is 406 g/mol. The van der Waals surface area contributed by atoms with Crippen LogP contribution in [0.5, 0.6) is 0 Å². The minimum absolute atomic E-state index is 1.21. The van der Waals surface area contributed by atoms with Crippen molar-refractivity contribution in [2.45, 2.75) is 25.7 Å². The van der Waals surface area contributed by atoms with Gasteiger partial charge in [0.25, 0.3) is 0 Å². The van der Waals surface area contributed by atoms with Crippen molar-refractivity contribution in [3.63, 3.8) is 0 Å². The van der Waals surface area contributed by atoms with Gasteiger partial charge in [0.15, 0.2) is 0 Å². The smallest absolute Gasteiger partial charge is 0.0140 e. The van der Waals surface area contributed by atoms with E-state index in [-0.39, 0.29) is 0 Å². The molecule has 0 heterocycles. The first-order valence-electron chi connectivity index (χ1n) is 11.8. The summed E-state index contributed by atoms with van der Waals surface area (Å²) >= 11 is 0.